The van der Waals surface area contributed by atoms with Crippen molar-refractivity contribution in [3.05, 3.63) is 40.9 Å². The van der Waals surface area contributed by atoms with Gasteiger partial charge < -0.3 is 0 Å². The number of halogens is 2. The Hall–Kier alpha value is -1.41. The molecule has 0 aliphatic carbocycles. The molecular formula is C10H9BrFN3O2S. The zero-order chi connectivity index (χ0) is 13.3. The average molecular weight is 334 g/mol. The Bertz CT molecular complexity index is 684. The van der Waals surface area contributed by atoms with Crippen molar-refractivity contribution in [3.8, 4) is 0 Å². The molecule has 8 heteroatoms. The second-order valence-corrected chi connectivity index (χ2v) is 6.12. The van der Waals surface area contributed by atoms with Gasteiger partial charge in [-0.3, -0.25) is 9.40 Å². The van der Waals surface area contributed by atoms with Crippen LogP contribution in [0.2, 0.25) is 0 Å². The van der Waals surface area contributed by atoms with E-state index in [1.165, 1.54) is 35.3 Å². The van der Waals surface area contributed by atoms with Crippen molar-refractivity contribution in [2.75, 3.05) is 4.72 Å². The Morgan fingerprint density at radius 1 is 1.44 bits per heavy atom. The molecule has 0 aliphatic heterocycles. The molecule has 0 amide bonds. The number of hydrogen-bond donors (Lipinski definition) is 1. The van der Waals surface area contributed by atoms with Crippen LogP contribution >= 0.6 is 15.9 Å². The Morgan fingerprint density at radius 3 is 2.72 bits per heavy atom. The van der Waals surface area contributed by atoms with Crippen LogP contribution in [0.25, 0.3) is 0 Å². The molecule has 1 aromatic heterocycles. The van der Waals surface area contributed by atoms with E-state index in [0.29, 0.717) is 4.47 Å². The van der Waals surface area contributed by atoms with E-state index in [-0.39, 0.29) is 10.6 Å². The number of benzene rings is 1. The van der Waals surface area contributed by atoms with Crippen molar-refractivity contribution in [3.63, 3.8) is 0 Å². The number of anilines is 1. The highest BCUT2D eigenvalue weighted by molar-refractivity contribution is 9.10. The summed E-state index contributed by atoms with van der Waals surface area (Å²) in [4.78, 5) is 0.0428. The SMILES string of the molecule is Cn1cc(S(=O)(=O)Nc2ccc(F)cc2Br)cn1. The zero-order valence-corrected chi connectivity index (χ0v) is 11.7. The number of nitrogens with one attached hydrogen (secondary N) is 1. The topological polar surface area (TPSA) is 64.0 Å². The molecule has 0 saturated carbocycles. The molecule has 0 unspecified atom stereocenters. The molecule has 0 fully saturated rings. The minimum atomic E-state index is -3.71. The quantitative estimate of drug-likeness (QED) is 0.935. The van der Waals surface area contributed by atoms with E-state index in [9.17, 15) is 12.8 Å². The van der Waals surface area contributed by atoms with Crippen LogP contribution in [0, 0.1) is 5.82 Å². The van der Waals surface area contributed by atoms with E-state index in [1.807, 2.05) is 0 Å². The summed E-state index contributed by atoms with van der Waals surface area (Å²) < 4.78 is 40.9. The fourth-order valence-corrected chi connectivity index (χ4v) is 2.96. The van der Waals surface area contributed by atoms with E-state index < -0.39 is 15.8 Å². The van der Waals surface area contributed by atoms with Gasteiger partial charge in [0, 0.05) is 17.7 Å². The molecule has 2 rings (SSSR count). The van der Waals surface area contributed by atoms with Crippen molar-refractivity contribution in [1.29, 1.82) is 0 Å². The van der Waals surface area contributed by atoms with Crippen molar-refractivity contribution < 1.29 is 12.8 Å². The van der Waals surface area contributed by atoms with Crippen LogP contribution < -0.4 is 4.72 Å². The number of sulfonamides is 1. The van der Waals surface area contributed by atoms with Crippen LogP contribution in [-0.4, -0.2) is 18.2 Å². The summed E-state index contributed by atoms with van der Waals surface area (Å²) in [6.07, 6.45) is 2.61. The Morgan fingerprint density at radius 2 is 2.17 bits per heavy atom. The lowest BCUT2D eigenvalue weighted by Crippen LogP contribution is -2.12. The predicted molar refractivity (Wildman–Crippen MR) is 68.1 cm³/mol. The molecule has 1 N–H and O–H groups in total. The van der Waals surface area contributed by atoms with Crippen molar-refractivity contribution in [2.45, 2.75) is 4.90 Å². The predicted octanol–water partition coefficient (Wildman–Crippen LogP) is 2.12. The molecule has 1 heterocycles. The van der Waals surface area contributed by atoms with Gasteiger partial charge in [0.15, 0.2) is 0 Å². The number of rotatable bonds is 3. The lowest BCUT2D eigenvalue weighted by Gasteiger charge is -2.07. The van der Waals surface area contributed by atoms with Crippen molar-refractivity contribution in [2.24, 2.45) is 7.05 Å². The Labute approximate surface area is 112 Å². The standard InChI is InChI=1S/C10H9BrFN3O2S/c1-15-6-8(5-13-15)18(16,17)14-10-3-2-7(12)4-9(10)11/h2-6,14H,1H3. The summed E-state index contributed by atoms with van der Waals surface area (Å²) in [5.41, 5.74) is 0.264. The lowest BCUT2D eigenvalue weighted by atomic mass is 10.3. The maximum atomic E-state index is 12.9. The molecule has 18 heavy (non-hydrogen) atoms. The first kappa shape index (κ1) is 13.0. The molecule has 0 atom stereocenters. The summed E-state index contributed by atoms with van der Waals surface area (Å²) in [7, 11) is -2.10. The van der Waals surface area contributed by atoms with Gasteiger partial charge in [-0.15, -0.1) is 0 Å². The van der Waals surface area contributed by atoms with Gasteiger partial charge in [-0.1, -0.05) is 0 Å². The first-order valence-electron chi connectivity index (χ1n) is 4.85. The third kappa shape index (κ3) is 2.70. The number of aromatic nitrogens is 2. The van der Waals surface area contributed by atoms with Crippen LogP contribution in [0.15, 0.2) is 40.0 Å². The van der Waals surface area contributed by atoms with E-state index in [1.54, 1.807) is 7.05 Å². The molecule has 0 aliphatic rings. The Kier molecular flexibility index (Phi) is 3.40. The average Bonchev–Trinajstić information content (AvgIpc) is 2.70. The highest BCUT2D eigenvalue weighted by Crippen LogP contribution is 2.25. The molecule has 0 saturated heterocycles. The van der Waals surface area contributed by atoms with Crippen LogP contribution in [0.1, 0.15) is 0 Å². The smallest absolute Gasteiger partial charge is 0.265 e. The van der Waals surface area contributed by atoms with Gasteiger partial charge in [0.05, 0.1) is 11.9 Å². The van der Waals surface area contributed by atoms with Gasteiger partial charge >= 0.3 is 0 Å². The number of hydrogen-bond acceptors (Lipinski definition) is 3. The van der Waals surface area contributed by atoms with Crippen LogP contribution in [0.3, 0.4) is 0 Å². The third-order valence-electron chi connectivity index (χ3n) is 2.17. The lowest BCUT2D eigenvalue weighted by molar-refractivity contribution is 0.600. The highest BCUT2D eigenvalue weighted by Gasteiger charge is 2.17. The number of aryl methyl sites for hydroxylation is 1. The first-order valence-corrected chi connectivity index (χ1v) is 7.12. The van der Waals surface area contributed by atoms with Crippen LogP contribution in [-0.2, 0) is 17.1 Å². The Balaban J connectivity index is 2.33. The fraction of sp³-hybridized carbons (Fsp3) is 0.100. The van der Waals surface area contributed by atoms with Crippen LogP contribution in [0.4, 0.5) is 10.1 Å². The molecule has 1 aromatic carbocycles. The summed E-state index contributed by atoms with van der Waals surface area (Å²) in [5.74, 6) is -0.453. The van der Waals surface area contributed by atoms with Gasteiger partial charge in [0.25, 0.3) is 10.0 Å². The fourth-order valence-electron chi connectivity index (χ4n) is 1.31. The molecule has 96 valence electrons. The molecular weight excluding hydrogens is 325 g/mol. The summed E-state index contributed by atoms with van der Waals surface area (Å²) >= 11 is 3.09. The van der Waals surface area contributed by atoms with E-state index in [2.05, 4.69) is 25.8 Å². The third-order valence-corrected chi connectivity index (χ3v) is 4.14. The second kappa shape index (κ2) is 4.69. The largest absolute Gasteiger partial charge is 0.278 e. The second-order valence-electron chi connectivity index (χ2n) is 3.58. The van der Waals surface area contributed by atoms with Gasteiger partial charge in [0.1, 0.15) is 10.7 Å². The monoisotopic (exact) mass is 333 g/mol. The van der Waals surface area contributed by atoms with Gasteiger partial charge in [0.2, 0.25) is 0 Å². The van der Waals surface area contributed by atoms with Gasteiger partial charge in [-0.05, 0) is 34.1 Å². The van der Waals surface area contributed by atoms with E-state index in [0.717, 1.165) is 0 Å². The summed E-state index contributed by atoms with van der Waals surface area (Å²) in [6.45, 7) is 0. The summed E-state index contributed by atoms with van der Waals surface area (Å²) in [5, 5.41) is 3.79. The van der Waals surface area contributed by atoms with Gasteiger partial charge in [-0.2, -0.15) is 5.10 Å². The van der Waals surface area contributed by atoms with Crippen molar-refractivity contribution in [1.82, 2.24) is 9.78 Å². The number of nitrogens with zero attached hydrogens (tertiary/aromatic N) is 2. The van der Waals surface area contributed by atoms with E-state index >= 15 is 0 Å². The maximum absolute atomic E-state index is 12.9. The van der Waals surface area contributed by atoms with Crippen LogP contribution in [0.5, 0.6) is 0 Å². The molecule has 2 aromatic rings. The minimum Gasteiger partial charge on any atom is -0.278 e. The molecule has 5 nitrogen and oxygen atoms in total. The normalized spacial score (nSPS) is 11.5. The minimum absolute atomic E-state index is 0.0428. The zero-order valence-electron chi connectivity index (χ0n) is 9.26. The molecule has 0 spiro atoms. The maximum Gasteiger partial charge on any atom is 0.265 e. The molecule has 0 bridgehead atoms. The van der Waals surface area contributed by atoms with E-state index in [4.69, 9.17) is 0 Å². The molecule has 0 radical (unpaired) electrons. The summed E-state index contributed by atoms with van der Waals surface area (Å²) in [6, 6.07) is 3.69. The van der Waals surface area contributed by atoms with Gasteiger partial charge in [-0.25, -0.2) is 12.8 Å². The van der Waals surface area contributed by atoms with Crippen molar-refractivity contribution >= 4 is 31.6 Å². The highest BCUT2D eigenvalue weighted by atomic mass is 79.9. The first-order chi connectivity index (χ1) is 8.38.